The maximum atomic E-state index is 10.8. The van der Waals surface area contributed by atoms with Crippen molar-refractivity contribution in [3.05, 3.63) is 39.8 Å². The van der Waals surface area contributed by atoms with Crippen LogP contribution in [0.25, 0.3) is 0 Å². The van der Waals surface area contributed by atoms with Crippen molar-refractivity contribution in [3.8, 4) is 5.75 Å². The van der Waals surface area contributed by atoms with Crippen LogP contribution in [-0.4, -0.2) is 34.1 Å². The van der Waals surface area contributed by atoms with Gasteiger partial charge in [0.2, 0.25) is 0 Å². The molecule has 2 unspecified atom stereocenters. The molecular weight excluding hydrogens is 408 g/mol. The molecule has 5 heteroatoms. The summed E-state index contributed by atoms with van der Waals surface area (Å²) < 4.78 is 5.44. The fourth-order valence-corrected chi connectivity index (χ4v) is 6.44. The standard InChI is InChI=1S/C26H40O4S/c1-8-26(9-2,19-10-11-20(17(3)14-19)30-16-24(28)29)23-15-18(4)21(31-23)12-13-22(27)25(5,6)7/h10-11,14,22-23,27H,8-9,12-13,15-16H2,1-7H3,(H,28,29). The first-order valence-corrected chi connectivity index (χ1v) is 12.3. The molecule has 0 saturated heterocycles. The number of aryl methyl sites for hydroxylation is 1. The van der Waals surface area contributed by atoms with Crippen molar-refractivity contribution in [1.29, 1.82) is 0 Å². The second-order valence-electron chi connectivity index (χ2n) is 9.96. The zero-order valence-corrected chi connectivity index (χ0v) is 21.1. The molecule has 1 aromatic rings. The van der Waals surface area contributed by atoms with Crippen molar-refractivity contribution >= 4 is 17.7 Å². The number of thioether (sulfide) groups is 1. The van der Waals surface area contributed by atoms with Gasteiger partial charge >= 0.3 is 5.97 Å². The smallest absolute Gasteiger partial charge is 0.341 e. The van der Waals surface area contributed by atoms with Crippen molar-refractivity contribution in [2.75, 3.05) is 6.61 Å². The molecule has 0 saturated carbocycles. The largest absolute Gasteiger partial charge is 0.482 e. The molecule has 0 aromatic heterocycles. The van der Waals surface area contributed by atoms with Crippen LogP contribution < -0.4 is 4.74 Å². The van der Waals surface area contributed by atoms with Crippen LogP contribution in [0.15, 0.2) is 28.7 Å². The van der Waals surface area contributed by atoms with E-state index in [0.29, 0.717) is 11.0 Å². The summed E-state index contributed by atoms with van der Waals surface area (Å²) in [5.74, 6) is -0.328. The monoisotopic (exact) mass is 448 g/mol. The first kappa shape index (κ1) is 25.8. The molecule has 0 amide bonds. The zero-order valence-electron chi connectivity index (χ0n) is 20.2. The van der Waals surface area contributed by atoms with Crippen LogP contribution in [0, 0.1) is 12.3 Å². The summed E-state index contributed by atoms with van der Waals surface area (Å²) in [6.45, 7) is 14.7. The van der Waals surface area contributed by atoms with E-state index in [1.54, 1.807) is 0 Å². The number of aliphatic hydroxyl groups is 1. The second kappa shape index (κ2) is 10.4. The summed E-state index contributed by atoms with van der Waals surface area (Å²) in [4.78, 5) is 12.3. The van der Waals surface area contributed by atoms with Gasteiger partial charge in [0, 0.05) is 10.7 Å². The predicted octanol–water partition coefficient (Wildman–Crippen LogP) is 6.48. The molecule has 4 nitrogen and oxygen atoms in total. The lowest BCUT2D eigenvalue weighted by atomic mass is 9.71. The number of carbonyl (C=O) groups is 1. The van der Waals surface area contributed by atoms with Crippen molar-refractivity contribution in [2.24, 2.45) is 5.41 Å². The van der Waals surface area contributed by atoms with Crippen molar-refractivity contribution in [1.82, 2.24) is 0 Å². The van der Waals surface area contributed by atoms with Gasteiger partial charge in [-0.15, -0.1) is 11.8 Å². The third-order valence-corrected chi connectivity index (χ3v) is 8.62. The molecule has 0 aliphatic carbocycles. The maximum Gasteiger partial charge on any atom is 0.341 e. The number of aliphatic hydroxyl groups excluding tert-OH is 1. The van der Waals surface area contributed by atoms with E-state index in [9.17, 15) is 9.90 Å². The fraction of sp³-hybridized carbons (Fsp3) is 0.654. The Bertz CT molecular complexity index is 802. The van der Waals surface area contributed by atoms with Crippen LogP contribution in [0.2, 0.25) is 0 Å². The Hall–Kier alpha value is -1.46. The number of carboxylic acid groups (broad SMARTS) is 1. The Labute approximate surface area is 192 Å². The molecule has 31 heavy (non-hydrogen) atoms. The highest BCUT2D eigenvalue weighted by Gasteiger charge is 2.41. The van der Waals surface area contributed by atoms with Gasteiger partial charge in [-0.2, -0.15) is 0 Å². The number of hydrogen-bond donors (Lipinski definition) is 2. The first-order valence-electron chi connectivity index (χ1n) is 11.4. The Balaban J connectivity index is 2.20. The summed E-state index contributed by atoms with van der Waals surface area (Å²) in [6.07, 6.45) is 4.60. The van der Waals surface area contributed by atoms with Crippen molar-refractivity contribution in [3.63, 3.8) is 0 Å². The SMILES string of the molecule is CCC(CC)(c1ccc(OCC(=O)O)c(C)c1)C1CC(C)=C(CCC(O)C(C)(C)C)S1. The van der Waals surface area contributed by atoms with Gasteiger partial charge in [0.05, 0.1) is 6.10 Å². The number of hydrogen-bond acceptors (Lipinski definition) is 4. The third-order valence-electron chi connectivity index (χ3n) is 6.88. The molecule has 174 valence electrons. The van der Waals surface area contributed by atoms with E-state index in [0.717, 1.165) is 37.7 Å². The number of benzene rings is 1. The molecule has 0 fully saturated rings. The Kier molecular flexibility index (Phi) is 8.69. The quantitative estimate of drug-likeness (QED) is 0.429. The maximum absolute atomic E-state index is 10.8. The van der Waals surface area contributed by atoms with Crippen LogP contribution >= 0.6 is 11.8 Å². The topological polar surface area (TPSA) is 66.8 Å². The van der Waals surface area contributed by atoms with Crippen LogP contribution in [0.4, 0.5) is 0 Å². The number of ether oxygens (including phenoxy) is 1. The molecule has 0 spiro atoms. The predicted molar refractivity (Wildman–Crippen MR) is 130 cm³/mol. The van der Waals surface area contributed by atoms with E-state index in [1.165, 1.54) is 16.0 Å². The average Bonchev–Trinajstić information content (AvgIpc) is 3.06. The molecule has 1 aliphatic heterocycles. The van der Waals surface area contributed by atoms with Gasteiger partial charge in [-0.05, 0) is 73.5 Å². The summed E-state index contributed by atoms with van der Waals surface area (Å²) in [5.41, 5.74) is 3.70. The van der Waals surface area contributed by atoms with Gasteiger partial charge in [-0.3, -0.25) is 0 Å². The highest BCUT2D eigenvalue weighted by molar-refractivity contribution is 8.04. The van der Waals surface area contributed by atoms with E-state index in [2.05, 4.69) is 53.7 Å². The number of allylic oxidation sites excluding steroid dienone is 2. The minimum absolute atomic E-state index is 0.0480. The third kappa shape index (κ3) is 6.07. The average molecular weight is 449 g/mol. The van der Waals surface area contributed by atoms with Crippen LogP contribution in [0.5, 0.6) is 5.75 Å². The van der Waals surface area contributed by atoms with E-state index < -0.39 is 5.97 Å². The summed E-state index contributed by atoms with van der Waals surface area (Å²) in [7, 11) is 0. The lowest BCUT2D eigenvalue weighted by molar-refractivity contribution is -0.139. The van der Waals surface area contributed by atoms with Crippen LogP contribution in [0.3, 0.4) is 0 Å². The van der Waals surface area contributed by atoms with Gasteiger partial charge in [0.1, 0.15) is 5.75 Å². The summed E-state index contributed by atoms with van der Waals surface area (Å²) >= 11 is 2.01. The molecule has 2 N–H and O–H groups in total. The lowest BCUT2D eigenvalue weighted by Gasteiger charge is -2.39. The minimum atomic E-state index is -0.965. The molecule has 2 rings (SSSR count). The molecule has 1 aliphatic rings. The van der Waals surface area contributed by atoms with Crippen LogP contribution in [-0.2, 0) is 10.2 Å². The van der Waals surface area contributed by atoms with Gasteiger partial charge in [-0.1, -0.05) is 52.3 Å². The Morgan fingerprint density at radius 3 is 2.39 bits per heavy atom. The van der Waals surface area contributed by atoms with E-state index in [-0.39, 0.29) is 23.5 Å². The molecule has 0 radical (unpaired) electrons. The van der Waals surface area contributed by atoms with Gasteiger partial charge in [-0.25, -0.2) is 4.79 Å². The highest BCUT2D eigenvalue weighted by Crippen LogP contribution is 2.52. The normalized spacial score (nSPS) is 18.4. The number of aliphatic carboxylic acids is 1. The summed E-state index contributed by atoms with van der Waals surface area (Å²) in [6, 6.07) is 6.23. The molecule has 2 atom stereocenters. The summed E-state index contributed by atoms with van der Waals surface area (Å²) in [5, 5.41) is 19.8. The molecule has 1 aromatic carbocycles. The molecule has 0 bridgehead atoms. The van der Waals surface area contributed by atoms with Crippen molar-refractivity contribution < 1.29 is 19.7 Å². The van der Waals surface area contributed by atoms with Gasteiger partial charge in [0.25, 0.3) is 0 Å². The van der Waals surface area contributed by atoms with Gasteiger partial charge in [0.15, 0.2) is 6.61 Å². The van der Waals surface area contributed by atoms with E-state index in [1.807, 2.05) is 24.8 Å². The first-order chi connectivity index (χ1) is 14.4. The van der Waals surface area contributed by atoms with E-state index in [4.69, 9.17) is 9.84 Å². The van der Waals surface area contributed by atoms with Crippen molar-refractivity contribution in [2.45, 2.75) is 97.3 Å². The second-order valence-corrected chi connectivity index (χ2v) is 11.3. The lowest BCUT2D eigenvalue weighted by Crippen LogP contribution is -2.35. The number of carboxylic acids is 1. The zero-order chi connectivity index (χ0) is 23.4. The molecular formula is C26H40O4S. The fourth-order valence-electron chi connectivity index (χ4n) is 4.55. The number of rotatable bonds is 10. The van der Waals surface area contributed by atoms with Crippen LogP contribution in [0.1, 0.15) is 84.8 Å². The Morgan fingerprint density at radius 2 is 1.87 bits per heavy atom. The van der Waals surface area contributed by atoms with Gasteiger partial charge < -0.3 is 14.9 Å². The van der Waals surface area contributed by atoms with E-state index >= 15 is 0 Å². The highest BCUT2D eigenvalue weighted by atomic mass is 32.2. The minimum Gasteiger partial charge on any atom is -0.482 e. The molecule has 1 heterocycles. The Morgan fingerprint density at radius 1 is 1.23 bits per heavy atom.